The van der Waals surface area contributed by atoms with E-state index >= 15 is 0 Å². The lowest BCUT2D eigenvalue weighted by Gasteiger charge is -2.35. The molecule has 0 spiro atoms. The van der Waals surface area contributed by atoms with E-state index in [0.29, 0.717) is 29.4 Å². The standard InChI is InChI=1S/C23H27ClN6O3/c24-19-7-6-17(15-18(19)22(32)27-16-4-5-16)28-23(33)26-10-8-21(31)30-13-11-29(12-14-30)20-3-1-2-9-25-20/h1-3,6-7,9,15-16H,4-5,8,10-14H2,(H,27,32)(H2,26,28,33). The molecule has 9 nitrogen and oxygen atoms in total. The fraction of sp³-hybridized carbons (Fsp3) is 0.391. The minimum atomic E-state index is -0.446. The number of benzene rings is 1. The molecule has 1 aliphatic carbocycles. The van der Waals surface area contributed by atoms with Gasteiger partial charge in [0, 0.05) is 57.1 Å². The lowest BCUT2D eigenvalue weighted by molar-refractivity contribution is -0.131. The van der Waals surface area contributed by atoms with Gasteiger partial charge in [-0.2, -0.15) is 0 Å². The van der Waals surface area contributed by atoms with Crippen molar-refractivity contribution in [2.24, 2.45) is 0 Å². The summed E-state index contributed by atoms with van der Waals surface area (Å²) in [5.74, 6) is 0.667. The predicted octanol–water partition coefficient (Wildman–Crippen LogP) is 2.49. The molecule has 1 aromatic heterocycles. The van der Waals surface area contributed by atoms with Crippen LogP contribution in [0.5, 0.6) is 0 Å². The van der Waals surface area contributed by atoms with Crippen LogP contribution in [0.2, 0.25) is 5.02 Å². The number of aromatic nitrogens is 1. The van der Waals surface area contributed by atoms with Gasteiger partial charge < -0.3 is 25.8 Å². The van der Waals surface area contributed by atoms with Crippen LogP contribution in [0.25, 0.3) is 0 Å². The summed E-state index contributed by atoms with van der Waals surface area (Å²) in [6.07, 6.45) is 3.93. The highest BCUT2D eigenvalue weighted by Gasteiger charge is 2.25. The summed E-state index contributed by atoms with van der Waals surface area (Å²) in [7, 11) is 0. The first-order chi connectivity index (χ1) is 16.0. The van der Waals surface area contributed by atoms with Gasteiger partial charge in [0.2, 0.25) is 5.91 Å². The highest BCUT2D eigenvalue weighted by atomic mass is 35.5. The molecule has 1 saturated heterocycles. The Kier molecular flexibility index (Phi) is 7.29. The number of hydrogen-bond acceptors (Lipinski definition) is 5. The van der Waals surface area contributed by atoms with Crippen LogP contribution >= 0.6 is 11.6 Å². The van der Waals surface area contributed by atoms with Crippen LogP contribution in [0.1, 0.15) is 29.6 Å². The monoisotopic (exact) mass is 470 g/mol. The number of carbonyl (C=O) groups excluding carboxylic acids is 3. The SMILES string of the molecule is O=C(NCCC(=O)N1CCN(c2ccccn2)CC1)Nc1ccc(Cl)c(C(=O)NC2CC2)c1. The van der Waals surface area contributed by atoms with Crippen LogP contribution < -0.4 is 20.9 Å². The predicted molar refractivity (Wildman–Crippen MR) is 127 cm³/mol. The van der Waals surface area contributed by atoms with Gasteiger partial charge in [0.15, 0.2) is 0 Å². The van der Waals surface area contributed by atoms with Crippen LogP contribution in [-0.2, 0) is 4.79 Å². The summed E-state index contributed by atoms with van der Waals surface area (Å²) >= 11 is 6.13. The van der Waals surface area contributed by atoms with E-state index < -0.39 is 6.03 Å². The van der Waals surface area contributed by atoms with Gasteiger partial charge in [-0.25, -0.2) is 9.78 Å². The van der Waals surface area contributed by atoms with Crippen molar-refractivity contribution >= 4 is 41.0 Å². The number of hydrogen-bond donors (Lipinski definition) is 3. The summed E-state index contributed by atoms with van der Waals surface area (Å²) in [6, 6.07) is 10.3. The van der Waals surface area contributed by atoms with Gasteiger partial charge >= 0.3 is 6.03 Å². The Morgan fingerprint density at radius 1 is 1.06 bits per heavy atom. The molecule has 4 amide bonds. The van der Waals surface area contributed by atoms with Gasteiger partial charge in [-0.1, -0.05) is 17.7 Å². The topological polar surface area (TPSA) is 107 Å². The summed E-state index contributed by atoms with van der Waals surface area (Å²) in [5, 5.41) is 8.58. The molecule has 2 aliphatic rings. The molecular formula is C23H27ClN6O3. The minimum absolute atomic E-state index is 0.00139. The Labute approximate surface area is 197 Å². The van der Waals surface area contributed by atoms with Crippen molar-refractivity contribution in [2.75, 3.05) is 42.9 Å². The quantitative estimate of drug-likeness (QED) is 0.576. The highest BCUT2D eigenvalue weighted by Crippen LogP contribution is 2.24. The lowest BCUT2D eigenvalue weighted by Crippen LogP contribution is -2.49. The van der Waals surface area contributed by atoms with Crippen molar-refractivity contribution in [3.63, 3.8) is 0 Å². The molecule has 4 rings (SSSR count). The second-order valence-electron chi connectivity index (χ2n) is 8.13. The van der Waals surface area contributed by atoms with E-state index in [2.05, 4.69) is 25.8 Å². The molecule has 1 aromatic carbocycles. The van der Waals surface area contributed by atoms with E-state index in [1.165, 1.54) is 0 Å². The Bertz CT molecular complexity index is 1010. The van der Waals surface area contributed by atoms with Gasteiger partial charge in [0.1, 0.15) is 5.82 Å². The van der Waals surface area contributed by atoms with Gasteiger partial charge in [-0.05, 0) is 43.2 Å². The highest BCUT2D eigenvalue weighted by molar-refractivity contribution is 6.34. The number of rotatable bonds is 7. The van der Waals surface area contributed by atoms with Gasteiger partial charge in [0.05, 0.1) is 10.6 Å². The number of nitrogens with one attached hydrogen (secondary N) is 3. The van der Waals surface area contributed by atoms with Crippen LogP contribution in [0.4, 0.5) is 16.3 Å². The molecule has 1 saturated carbocycles. The molecule has 2 aromatic rings. The first-order valence-corrected chi connectivity index (χ1v) is 11.5. The fourth-order valence-electron chi connectivity index (χ4n) is 3.61. The first kappa shape index (κ1) is 22.8. The zero-order valence-corrected chi connectivity index (χ0v) is 19.0. The Morgan fingerprint density at radius 3 is 2.55 bits per heavy atom. The fourth-order valence-corrected chi connectivity index (χ4v) is 3.81. The number of pyridine rings is 1. The number of urea groups is 1. The summed E-state index contributed by atoms with van der Waals surface area (Å²) in [5.41, 5.74) is 0.774. The maximum atomic E-state index is 12.5. The first-order valence-electron chi connectivity index (χ1n) is 11.1. The molecule has 174 valence electrons. The van der Waals surface area contributed by atoms with Crippen LogP contribution in [0.3, 0.4) is 0 Å². The molecule has 0 unspecified atom stereocenters. The summed E-state index contributed by atoms with van der Waals surface area (Å²) in [4.78, 5) is 45.3. The van der Waals surface area contributed by atoms with E-state index in [9.17, 15) is 14.4 Å². The van der Waals surface area contributed by atoms with E-state index in [1.807, 2.05) is 23.1 Å². The molecule has 3 N–H and O–H groups in total. The molecule has 0 atom stereocenters. The zero-order valence-electron chi connectivity index (χ0n) is 18.2. The maximum Gasteiger partial charge on any atom is 0.319 e. The third kappa shape index (κ3) is 6.35. The van der Waals surface area contributed by atoms with E-state index in [1.54, 1.807) is 24.4 Å². The molecule has 10 heteroatoms. The van der Waals surface area contributed by atoms with Crippen LogP contribution in [0.15, 0.2) is 42.6 Å². The summed E-state index contributed by atoms with van der Waals surface area (Å²) < 4.78 is 0. The zero-order chi connectivity index (χ0) is 23.2. The van der Waals surface area contributed by atoms with Crippen molar-refractivity contribution in [3.8, 4) is 0 Å². The molecule has 0 bridgehead atoms. The third-order valence-electron chi connectivity index (χ3n) is 5.61. The van der Waals surface area contributed by atoms with E-state index in [-0.39, 0.29) is 30.8 Å². The van der Waals surface area contributed by atoms with E-state index in [4.69, 9.17) is 11.6 Å². The van der Waals surface area contributed by atoms with Crippen molar-refractivity contribution in [1.82, 2.24) is 20.5 Å². The normalized spacial score (nSPS) is 15.7. The van der Waals surface area contributed by atoms with Crippen molar-refractivity contribution < 1.29 is 14.4 Å². The minimum Gasteiger partial charge on any atom is -0.353 e. The summed E-state index contributed by atoms with van der Waals surface area (Å²) in [6.45, 7) is 2.91. The number of nitrogens with zero attached hydrogens (tertiary/aromatic N) is 3. The average molecular weight is 471 g/mol. The maximum absolute atomic E-state index is 12.5. The second-order valence-corrected chi connectivity index (χ2v) is 8.54. The number of carbonyl (C=O) groups is 3. The molecule has 0 radical (unpaired) electrons. The number of piperazine rings is 1. The Balaban J connectivity index is 1.19. The van der Waals surface area contributed by atoms with Crippen molar-refractivity contribution in [2.45, 2.75) is 25.3 Å². The Morgan fingerprint density at radius 2 is 1.85 bits per heavy atom. The van der Waals surface area contributed by atoms with Crippen molar-refractivity contribution in [1.29, 1.82) is 0 Å². The van der Waals surface area contributed by atoms with Gasteiger partial charge in [0.25, 0.3) is 5.91 Å². The Hall–Kier alpha value is -3.33. The average Bonchev–Trinajstić information content (AvgIpc) is 3.65. The van der Waals surface area contributed by atoms with Crippen molar-refractivity contribution in [3.05, 3.63) is 53.2 Å². The largest absolute Gasteiger partial charge is 0.353 e. The molecule has 2 fully saturated rings. The smallest absolute Gasteiger partial charge is 0.319 e. The molecule has 2 heterocycles. The van der Waals surface area contributed by atoms with Crippen LogP contribution in [-0.4, -0.2) is 66.5 Å². The second kappa shape index (κ2) is 10.5. The number of amides is 4. The molecular weight excluding hydrogens is 444 g/mol. The van der Waals surface area contributed by atoms with Gasteiger partial charge in [-0.3, -0.25) is 9.59 Å². The van der Waals surface area contributed by atoms with Crippen LogP contribution in [0, 0.1) is 0 Å². The number of anilines is 2. The number of halogens is 1. The molecule has 1 aliphatic heterocycles. The van der Waals surface area contributed by atoms with Gasteiger partial charge in [-0.15, -0.1) is 0 Å². The third-order valence-corrected chi connectivity index (χ3v) is 5.94. The lowest BCUT2D eigenvalue weighted by atomic mass is 10.2. The van der Waals surface area contributed by atoms with E-state index in [0.717, 1.165) is 31.7 Å². The molecule has 33 heavy (non-hydrogen) atoms.